The van der Waals surface area contributed by atoms with Crippen molar-refractivity contribution in [3.05, 3.63) is 65.7 Å². The summed E-state index contributed by atoms with van der Waals surface area (Å²) in [6, 6.07) is 17.0. The Kier molecular flexibility index (Phi) is 7.86. The first-order valence-corrected chi connectivity index (χ1v) is 12.3. The van der Waals surface area contributed by atoms with Gasteiger partial charge in [-0.2, -0.15) is 4.31 Å². The van der Waals surface area contributed by atoms with E-state index in [9.17, 15) is 13.2 Å². The number of nitrogens with one attached hydrogen (secondary N) is 1. The number of hydrogen-bond donors (Lipinski definition) is 1. The fourth-order valence-corrected chi connectivity index (χ4v) is 5.18. The van der Waals surface area contributed by atoms with E-state index in [4.69, 9.17) is 0 Å². The average Bonchev–Trinajstić information content (AvgIpc) is 2.78. The number of amides is 1. The summed E-state index contributed by atoms with van der Waals surface area (Å²) in [5.41, 5.74) is 2.15. The molecule has 1 aliphatic rings. The zero-order chi connectivity index (χ0) is 22.4. The number of carbonyl (C=O) groups excluding carboxylic acids is 1. The predicted octanol–water partition coefficient (Wildman–Crippen LogP) is 3.24. The van der Waals surface area contributed by atoms with E-state index in [1.54, 1.807) is 31.3 Å². The molecule has 1 unspecified atom stereocenters. The molecule has 1 heterocycles. The van der Waals surface area contributed by atoms with Crippen molar-refractivity contribution in [1.82, 2.24) is 14.5 Å². The summed E-state index contributed by atoms with van der Waals surface area (Å²) < 4.78 is 26.5. The summed E-state index contributed by atoms with van der Waals surface area (Å²) in [5.74, 6) is 0.0470. The molecule has 3 rings (SSSR count). The second kappa shape index (κ2) is 10.4. The topological polar surface area (TPSA) is 69.7 Å². The summed E-state index contributed by atoms with van der Waals surface area (Å²) in [7, 11) is -1.91. The third-order valence-corrected chi connectivity index (χ3v) is 7.97. The maximum absolute atomic E-state index is 12.7. The van der Waals surface area contributed by atoms with Crippen LogP contribution in [0.3, 0.4) is 0 Å². The summed E-state index contributed by atoms with van der Waals surface area (Å²) in [4.78, 5) is 15.3. The van der Waals surface area contributed by atoms with Crippen LogP contribution in [0.4, 0.5) is 0 Å². The van der Waals surface area contributed by atoms with Crippen LogP contribution in [0, 0.1) is 5.92 Å². The largest absolute Gasteiger partial charge is 0.352 e. The SMILES string of the molecule is CC(C)N(C)S(=O)(=O)c1ccc(CNC(=O)C2CCCN(Cc3ccccc3)C2)cc1. The third-order valence-electron chi connectivity index (χ3n) is 5.92. The molecule has 1 aliphatic heterocycles. The van der Waals surface area contributed by atoms with Crippen LogP contribution in [0.15, 0.2) is 59.5 Å². The molecular formula is C24H33N3O3S. The Balaban J connectivity index is 1.53. The molecule has 7 heteroatoms. The quantitative estimate of drug-likeness (QED) is 0.680. The van der Waals surface area contributed by atoms with E-state index >= 15 is 0 Å². The number of benzene rings is 2. The van der Waals surface area contributed by atoms with E-state index in [2.05, 4.69) is 22.3 Å². The Morgan fingerprint density at radius 3 is 2.42 bits per heavy atom. The number of rotatable bonds is 8. The first-order chi connectivity index (χ1) is 14.8. The minimum atomic E-state index is -3.49. The summed E-state index contributed by atoms with van der Waals surface area (Å²) >= 11 is 0. The lowest BCUT2D eigenvalue weighted by Crippen LogP contribution is -2.42. The lowest BCUT2D eigenvalue weighted by atomic mass is 9.96. The maximum atomic E-state index is 12.7. The molecule has 2 aromatic carbocycles. The molecular weight excluding hydrogens is 410 g/mol. The number of likely N-dealkylation sites (tertiary alicyclic amines) is 1. The van der Waals surface area contributed by atoms with Crippen molar-refractivity contribution < 1.29 is 13.2 Å². The average molecular weight is 444 g/mol. The van der Waals surface area contributed by atoms with Crippen molar-refractivity contribution in [2.45, 2.75) is 50.7 Å². The summed E-state index contributed by atoms with van der Waals surface area (Å²) in [6.07, 6.45) is 1.91. The van der Waals surface area contributed by atoms with Gasteiger partial charge in [-0.05, 0) is 56.5 Å². The van der Waals surface area contributed by atoms with E-state index in [-0.39, 0.29) is 22.8 Å². The summed E-state index contributed by atoms with van der Waals surface area (Å²) in [5, 5.41) is 3.03. The molecule has 0 aromatic heterocycles. The number of sulfonamides is 1. The molecule has 1 amide bonds. The molecule has 0 radical (unpaired) electrons. The number of piperidine rings is 1. The molecule has 1 fully saturated rings. The highest BCUT2D eigenvalue weighted by Crippen LogP contribution is 2.20. The van der Waals surface area contributed by atoms with Crippen molar-refractivity contribution >= 4 is 15.9 Å². The second-order valence-corrected chi connectivity index (χ2v) is 10.5. The standard InChI is InChI=1S/C24H33N3O3S/c1-19(2)26(3)31(29,30)23-13-11-20(12-14-23)16-25-24(28)22-10-7-15-27(18-22)17-21-8-5-4-6-9-21/h4-6,8-9,11-14,19,22H,7,10,15-18H2,1-3H3,(H,25,28). The highest BCUT2D eigenvalue weighted by Gasteiger charge is 2.26. The fourth-order valence-electron chi connectivity index (χ4n) is 3.81. The van der Waals surface area contributed by atoms with Crippen molar-refractivity contribution in [2.24, 2.45) is 5.92 Å². The first-order valence-electron chi connectivity index (χ1n) is 10.9. The van der Waals surface area contributed by atoms with Gasteiger partial charge in [0.2, 0.25) is 15.9 Å². The Morgan fingerprint density at radius 2 is 1.77 bits per heavy atom. The predicted molar refractivity (Wildman–Crippen MR) is 123 cm³/mol. The normalized spacial score (nSPS) is 17.8. The molecule has 1 saturated heterocycles. The molecule has 0 spiro atoms. The van der Waals surface area contributed by atoms with Crippen LogP contribution < -0.4 is 5.32 Å². The van der Waals surface area contributed by atoms with Gasteiger partial charge in [0.25, 0.3) is 0 Å². The van der Waals surface area contributed by atoms with Crippen LogP contribution in [0.2, 0.25) is 0 Å². The fraction of sp³-hybridized carbons (Fsp3) is 0.458. The Bertz CT molecular complexity index is 959. The molecule has 0 saturated carbocycles. The highest BCUT2D eigenvalue weighted by molar-refractivity contribution is 7.89. The lowest BCUT2D eigenvalue weighted by Gasteiger charge is -2.32. The van der Waals surface area contributed by atoms with E-state index < -0.39 is 10.0 Å². The van der Waals surface area contributed by atoms with E-state index in [0.717, 1.165) is 38.0 Å². The van der Waals surface area contributed by atoms with Gasteiger partial charge in [-0.15, -0.1) is 0 Å². The molecule has 1 N–H and O–H groups in total. The lowest BCUT2D eigenvalue weighted by molar-refractivity contribution is -0.126. The van der Waals surface area contributed by atoms with Crippen molar-refractivity contribution in [1.29, 1.82) is 0 Å². The molecule has 6 nitrogen and oxygen atoms in total. The van der Waals surface area contributed by atoms with Gasteiger partial charge in [0.05, 0.1) is 10.8 Å². The van der Waals surface area contributed by atoms with E-state index in [1.165, 1.54) is 9.87 Å². The molecule has 168 valence electrons. The third kappa shape index (κ3) is 6.15. The van der Waals surface area contributed by atoms with Gasteiger partial charge in [0.15, 0.2) is 0 Å². The number of hydrogen-bond acceptors (Lipinski definition) is 4. The second-order valence-electron chi connectivity index (χ2n) is 8.54. The Morgan fingerprint density at radius 1 is 1.10 bits per heavy atom. The Hall–Kier alpha value is -2.22. The minimum absolute atomic E-state index is 0.0168. The monoisotopic (exact) mass is 443 g/mol. The van der Waals surface area contributed by atoms with Gasteiger partial charge in [-0.3, -0.25) is 9.69 Å². The van der Waals surface area contributed by atoms with Crippen molar-refractivity contribution in [2.75, 3.05) is 20.1 Å². The molecule has 0 bridgehead atoms. The molecule has 31 heavy (non-hydrogen) atoms. The Labute approximate surface area is 186 Å². The minimum Gasteiger partial charge on any atom is -0.352 e. The van der Waals surface area contributed by atoms with Crippen molar-refractivity contribution in [3.8, 4) is 0 Å². The van der Waals surface area contributed by atoms with Crippen LogP contribution in [-0.2, 0) is 27.9 Å². The van der Waals surface area contributed by atoms with Crippen LogP contribution in [-0.4, -0.2) is 49.7 Å². The number of carbonyl (C=O) groups is 1. The van der Waals surface area contributed by atoms with Crippen LogP contribution in [0.5, 0.6) is 0 Å². The van der Waals surface area contributed by atoms with Gasteiger partial charge < -0.3 is 5.32 Å². The van der Waals surface area contributed by atoms with Gasteiger partial charge in [-0.25, -0.2) is 8.42 Å². The van der Waals surface area contributed by atoms with Crippen LogP contribution >= 0.6 is 0 Å². The van der Waals surface area contributed by atoms with Crippen LogP contribution in [0.1, 0.15) is 37.8 Å². The highest BCUT2D eigenvalue weighted by atomic mass is 32.2. The van der Waals surface area contributed by atoms with E-state index in [0.29, 0.717) is 6.54 Å². The maximum Gasteiger partial charge on any atom is 0.243 e. The number of nitrogens with zero attached hydrogens (tertiary/aromatic N) is 2. The van der Waals surface area contributed by atoms with Gasteiger partial charge in [0.1, 0.15) is 0 Å². The van der Waals surface area contributed by atoms with Gasteiger partial charge >= 0.3 is 0 Å². The van der Waals surface area contributed by atoms with Crippen molar-refractivity contribution in [3.63, 3.8) is 0 Å². The molecule has 1 atom stereocenters. The zero-order valence-electron chi connectivity index (χ0n) is 18.6. The first kappa shape index (κ1) is 23.4. The van der Waals surface area contributed by atoms with E-state index in [1.807, 2.05) is 32.0 Å². The zero-order valence-corrected chi connectivity index (χ0v) is 19.4. The molecule has 0 aliphatic carbocycles. The van der Waals surface area contributed by atoms with Crippen LogP contribution in [0.25, 0.3) is 0 Å². The van der Waals surface area contributed by atoms with Gasteiger partial charge in [-0.1, -0.05) is 42.5 Å². The summed E-state index contributed by atoms with van der Waals surface area (Å²) in [6.45, 7) is 6.72. The van der Waals surface area contributed by atoms with Gasteiger partial charge in [0, 0.05) is 32.7 Å². The molecule has 2 aromatic rings. The smallest absolute Gasteiger partial charge is 0.243 e.